The largest absolute Gasteiger partial charge is 0.458 e. The van der Waals surface area contributed by atoms with Crippen molar-refractivity contribution in [2.75, 3.05) is 0 Å². The van der Waals surface area contributed by atoms with Crippen LogP contribution in [0.1, 0.15) is 84.8 Å². The standard InChI is InChI=1S/C30H35N3O5S/c1-17(2)21-10-7-18(3)13-25(21)38-30(37)19-8-9-20(31-14-19)16-39-26-6-4-5-22-23(26)15-33(29(22)36)24-11-12-27(34)32-28(24)35/h4-6,8-9,14,17-18,21,24-25H,7,10-13,15-16H2,1-3H3,(H,32,34,35). The van der Waals surface area contributed by atoms with Crippen LogP contribution < -0.4 is 5.32 Å². The molecule has 4 unspecified atom stereocenters. The Morgan fingerprint density at radius 2 is 1.97 bits per heavy atom. The van der Waals surface area contributed by atoms with Crippen LogP contribution >= 0.6 is 11.8 Å². The SMILES string of the molecule is CC1CCC(C(C)C)C(OC(=O)c2ccc(CSc3cccc4c3CN(C3CCC(=O)NC3=O)C4=O)nc2)C1. The molecule has 5 rings (SSSR count). The zero-order valence-corrected chi connectivity index (χ0v) is 23.5. The molecule has 2 aromatic rings. The number of carbonyl (C=O) groups is 4. The van der Waals surface area contributed by atoms with Gasteiger partial charge in [-0.25, -0.2) is 4.79 Å². The molecule has 0 spiro atoms. The van der Waals surface area contributed by atoms with Crippen LogP contribution in [0.25, 0.3) is 0 Å². The maximum atomic E-state index is 13.1. The Labute approximate surface area is 233 Å². The lowest BCUT2D eigenvalue weighted by Crippen LogP contribution is -2.52. The van der Waals surface area contributed by atoms with Gasteiger partial charge in [0.1, 0.15) is 12.1 Å². The lowest BCUT2D eigenvalue weighted by Gasteiger charge is -2.36. The molecule has 0 bridgehead atoms. The first-order valence-corrected chi connectivity index (χ1v) is 14.7. The molecule has 1 saturated carbocycles. The van der Waals surface area contributed by atoms with Crippen LogP contribution in [-0.4, -0.2) is 45.7 Å². The molecule has 1 aromatic heterocycles. The van der Waals surface area contributed by atoms with E-state index in [2.05, 4.69) is 31.1 Å². The number of piperidine rings is 1. The smallest absolute Gasteiger partial charge is 0.339 e. The van der Waals surface area contributed by atoms with Gasteiger partial charge < -0.3 is 9.64 Å². The van der Waals surface area contributed by atoms with Gasteiger partial charge in [0, 0.05) is 35.4 Å². The van der Waals surface area contributed by atoms with Crippen LogP contribution in [0.3, 0.4) is 0 Å². The van der Waals surface area contributed by atoms with Crippen molar-refractivity contribution in [3.05, 3.63) is 58.9 Å². The van der Waals surface area contributed by atoms with Gasteiger partial charge in [-0.15, -0.1) is 11.8 Å². The highest BCUT2D eigenvalue weighted by molar-refractivity contribution is 7.98. The molecule has 2 fully saturated rings. The third-order valence-electron chi connectivity index (χ3n) is 8.19. The molecule has 1 aliphatic carbocycles. The van der Waals surface area contributed by atoms with Crippen molar-refractivity contribution < 1.29 is 23.9 Å². The summed E-state index contributed by atoms with van der Waals surface area (Å²) in [6.07, 6.45) is 5.26. The number of carbonyl (C=O) groups excluding carboxylic acids is 4. The summed E-state index contributed by atoms with van der Waals surface area (Å²) in [5.41, 5.74) is 2.74. The summed E-state index contributed by atoms with van der Waals surface area (Å²) in [6.45, 7) is 6.94. The highest BCUT2D eigenvalue weighted by atomic mass is 32.2. The zero-order chi connectivity index (χ0) is 27.7. The minimum absolute atomic E-state index is 0.0564. The van der Waals surface area contributed by atoms with Gasteiger partial charge in [-0.3, -0.25) is 24.7 Å². The number of hydrogen-bond acceptors (Lipinski definition) is 7. The molecule has 1 aromatic carbocycles. The van der Waals surface area contributed by atoms with Crippen LogP contribution in [0.15, 0.2) is 41.4 Å². The van der Waals surface area contributed by atoms with E-state index in [-0.39, 0.29) is 30.3 Å². The average molecular weight is 550 g/mol. The molecule has 9 heteroatoms. The Hall–Kier alpha value is -3.20. The van der Waals surface area contributed by atoms with Gasteiger partial charge in [0.05, 0.1) is 11.3 Å². The topological polar surface area (TPSA) is 106 Å². The molecule has 3 aliphatic rings. The van der Waals surface area contributed by atoms with E-state index in [0.717, 1.165) is 29.0 Å². The predicted octanol–water partition coefficient (Wildman–Crippen LogP) is 4.75. The molecule has 3 heterocycles. The minimum Gasteiger partial charge on any atom is -0.458 e. The second-order valence-electron chi connectivity index (χ2n) is 11.3. The molecule has 39 heavy (non-hydrogen) atoms. The fourth-order valence-electron chi connectivity index (χ4n) is 5.93. The third kappa shape index (κ3) is 5.88. The van der Waals surface area contributed by atoms with Gasteiger partial charge >= 0.3 is 5.97 Å². The van der Waals surface area contributed by atoms with Crippen molar-refractivity contribution in [3.8, 4) is 0 Å². The molecule has 8 nitrogen and oxygen atoms in total. The molecule has 4 atom stereocenters. The lowest BCUT2D eigenvalue weighted by atomic mass is 9.75. The van der Waals surface area contributed by atoms with Crippen LogP contribution in [0, 0.1) is 17.8 Å². The second kappa shape index (κ2) is 11.5. The van der Waals surface area contributed by atoms with Gasteiger partial charge in [0.2, 0.25) is 11.8 Å². The third-order valence-corrected chi connectivity index (χ3v) is 9.33. The highest BCUT2D eigenvalue weighted by Crippen LogP contribution is 2.37. The normalized spacial score (nSPS) is 25.0. The predicted molar refractivity (Wildman–Crippen MR) is 147 cm³/mol. The maximum Gasteiger partial charge on any atom is 0.339 e. The van der Waals surface area contributed by atoms with E-state index in [1.165, 1.54) is 6.42 Å². The summed E-state index contributed by atoms with van der Waals surface area (Å²) in [7, 11) is 0. The van der Waals surface area contributed by atoms with Crippen LogP contribution in [0.2, 0.25) is 0 Å². The Morgan fingerprint density at radius 1 is 1.15 bits per heavy atom. The fraction of sp³-hybridized carbons (Fsp3) is 0.500. The van der Waals surface area contributed by atoms with Crippen LogP contribution in [-0.2, 0) is 26.6 Å². The van der Waals surface area contributed by atoms with Crippen LogP contribution in [0.5, 0.6) is 0 Å². The van der Waals surface area contributed by atoms with E-state index in [9.17, 15) is 19.2 Å². The number of nitrogens with zero attached hydrogens (tertiary/aromatic N) is 2. The number of ether oxygens (including phenoxy) is 1. The Kier molecular flexibility index (Phi) is 8.07. The van der Waals surface area contributed by atoms with E-state index in [1.54, 1.807) is 35.0 Å². The van der Waals surface area contributed by atoms with Crippen LogP contribution in [0.4, 0.5) is 0 Å². The number of amides is 3. The quantitative estimate of drug-likeness (QED) is 0.302. The Balaban J connectivity index is 1.21. The molecular weight excluding hydrogens is 514 g/mol. The second-order valence-corrected chi connectivity index (χ2v) is 12.3. The Morgan fingerprint density at radius 3 is 2.69 bits per heavy atom. The summed E-state index contributed by atoms with van der Waals surface area (Å²) in [5.74, 6) is 0.760. The van der Waals surface area contributed by atoms with E-state index in [0.29, 0.717) is 47.6 Å². The number of hydrogen-bond donors (Lipinski definition) is 1. The Bertz CT molecular complexity index is 1280. The van der Waals surface area contributed by atoms with Gasteiger partial charge in [0.25, 0.3) is 5.91 Å². The molecule has 2 aliphatic heterocycles. The summed E-state index contributed by atoms with van der Waals surface area (Å²) in [4.78, 5) is 56.9. The van der Waals surface area contributed by atoms with E-state index in [4.69, 9.17) is 4.74 Å². The number of imide groups is 1. The zero-order valence-electron chi connectivity index (χ0n) is 22.6. The van der Waals surface area contributed by atoms with Crippen molar-refractivity contribution in [2.45, 2.75) is 82.2 Å². The lowest BCUT2D eigenvalue weighted by molar-refractivity contribution is -0.136. The van der Waals surface area contributed by atoms with Gasteiger partial charge in [-0.2, -0.15) is 0 Å². The van der Waals surface area contributed by atoms with Crippen molar-refractivity contribution in [2.24, 2.45) is 17.8 Å². The molecular formula is C30H35N3O5S. The molecule has 1 saturated heterocycles. The van der Waals surface area contributed by atoms with Crippen molar-refractivity contribution in [1.29, 1.82) is 0 Å². The van der Waals surface area contributed by atoms with E-state index >= 15 is 0 Å². The monoisotopic (exact) mass is 549 g/mol. The van der Waals surface area contributed by atoms with E-state index < -0.39 is 11.9 Å². The number of nitrogens with one attached hydrogen (secondary N) is 1. The number of aromatic nitrogens is 1. The highest BCUT2D eigenvalue weighted by Gasteiger charge is 2.40. The first-order chi connectivity index (χ1) is 18.7. The maximum absolute atomic E-state index is 13.1. The first kappa shape index (κ1) is 27.4. The summed E-state index contributed by atoms with van der Waals surface area (Å²) in [6, 6.07) is 8.57. The molecule has 0 radical (unpaired) electrons. The summed E-state index contributed by atoms with van der Waals surface area (Å²) < 4.78 is 5.96. The number of fused-ring (bicyclic) bond motifs is 1. The summed E-state index contributed by atoms with van der Waals surface area (Å²) >= 11 is 1.57. The first-order valence-electron chi connectivity index (χ1n) is 13.8. The van der Waals surface area contributed by atoms with Crippen molar-refractivity contribution in [1.82, 2.24) is 15.2 Å². The average Bonchev–Trinajstić information content (AvgIpc) is 3.24. The number of thioether (sulfide) groups is 1. The summed E-state index contributed by atoms with van der Waals surface area (Å²) in [5, 5.41) is 2.34. The fourth-order valence-corrected chi connectivity index (χ4v) is 6.93. The molecule has 1 N–H and O–H groups in total. The minimum atomic E-state index is -0.637. The van der Waals surface area contributed by atoms with Gasteiger partial charge in [-0.05, 0) is 66.8 Å². The van der Waals surface area contributed by atoms with Gasteiger partial charge in [0.15, 0.2) is 0 Å². The van der Waals surface area contributed by atoms with E-state index in [1.807, 2.05) is 18.2 Å². The number of benzene rings is 1. The van der Waals surface area contributed by atoms with Crippen molar-refractivity contribution >= 4 is 35.5 Å². The number of rotatable bonds is 7. The van der Waals surface area contributed by atoms with Crippen molar-refractivity contribution in [3.63, 3.8) is 0 Å². The van der Waals surface area contributed by atoms with Gasteiger partial charge in [-0.1, -0.05) is 33.3 Å². The molecule has 206 valence electrons. The number of esters is 1. The number of pyridine rings is 1. The molecule has 3 amide bonds.